The SMILES string of the molecule is O=C(Nc1cccc2ccccc12)NS(=O)(=O)Cl. The first-order valence-corrected chi connectivity index (χ1v) is 7.28. The zero-order chi connectivity index (χ0) is 13.2. The van der Waals surface area contributed by atoms with Crippen LogP contribution in [0.1, 0.15) is 0 Å². The van der Waals surface area contributed by atoms with Crippen LogP contribution in [0.5, 0.6) is 0 Å². The molecule has 0 heterocycles. The lowest BCUT2D eigenvalue weighted by molar-refractivity contribution is 0.256. The van der Waals surface area contributed by atoms with Crippen LogP contribution in [0.4, 0.5) is 10.5 Å². The molecule has 0 unspecified atom stereocenters. The Morgan fingerprint density at radius 1 is 1.06 bits per heavy atom. The molecule has 0 aliphatic rings. The lowest BCUT2D eigenvalue weighted by Gasteiger charge is -2.08. The summed E-state index contributed by atoms with van der Waals surface area (Å²) >= 11 is 0. The summed E-state index contributed by atoms with van der Waals surface area (Å²) in [6.07, 6.45) is 0. The van der Waals surface area contributed by atoms with Crippen molar-refractivity contribution < 1.29 is 13.2 Å². The smallest absolute Gasteiger partial charge is 0.307 e. The average Bonchev–Trinajstić information content (AvgIpc) is 2.27. The zero-order valence-corrected chi connectivity index (χ0v) is 10.6. The van der Waals surface area contributed by atoms with Crippen LogP contribution in [-0.4, -0.2) is 14.4 Å². The van der Waals surface area contributed by atoms with Gasteiger partial charge in [-0.25, -0.2) is 9.52 Å². The second-order valence-electron chi connectivity index (χ2n) is 3.52. The Kier molecular flexibility index (Phi) is 3.40. The van der Waals surface area contributed by atoms with Crippen molar-refractivity contribution in [3.05, 3.63) is 42.5 Å². The molecule has 2 N–H and O–H groups in total. The van der Waals surface area contributed by atoms with E-state index in [9.17, 15) is 13.2 Å². The van der Waals surface area contributed by atoms with Gasteiger partial charge >= 0.3 is 15.3 Å². The molecule has 18 heavy (non-hydrogen) atoms. The Bertz CT molecular complexity index is 695. The van der Waals surface area contributed by atoms with Crippen LogP contribution >= 0.6 is 10.7 Å². The van der Waals surface area contributed by atoms with Gasteiger partial charge in [0.2, 0.25) is 0 Å². The van der Waals surface area contributed by atoms with E-state index < -0.39 is 15.3 Å². The van der Waals surface area contributed by atoms with Gasteiger partial charge in [0.05, 0.1) is 5.69 Å². The molecule has 0 atom stereocenters. The van der Waals surface area contributed by atoms with Gasteiger partial charge in [0, 0.05) is 16.1 Å². The monoisotopic (exact) mass is 284 g/mol. The highest BCUT2D eigenvalue weighted by atomic mass is 35.7. The van der Waals surface area contributed by atoms with Crippen molar-refractivity contribution in [1.29, 1.82) is 0 Å². The first-order valence-electron chi connectivity index (χ1n) is 4.97. The second kappa shape index (κ2) is 4.83. The molecule has 0 saturated heterocycles. The van der Waals surface area contributed by atoms with Gasteiger partial charge in [-0.2, -0.15) is 8.42 Å². The predicted molar refractivity (Wildman–Crippen MR) is 70.9 cm³/mol. The van der Waals surface area contributed by atoms with Crippen molar-refractivity contribution in [3.8, 4) is 0 Å². The van der Waals surface area contributed by atoms with Crippen LogP contribution in [0.3, 0.4) is 0 Å². The van der Waals surface area contributed by atoms with Gasteiger partial charge in [-0.05, 0) is 11.5 Å². The molecule has 0 saturated carbocycles. The fraction of sp³-hybridized carbons (Fsp3) is 0. The first kappa shape index (κ1) is 12.7. The third-order valence-electron chi connectivity index (χ3n) is 2.25. The van der Waals surface area contributed by atoms with Gasteiger partial charge in [0.15, 0.2) is 0 Å². The molecule has 0 bridgehead atoms. The number of amides is 2. The van der Waals surface area contributed by atoms with Gasteiger partial charge in [0.25, 0.3) is 0 Å². The molecular weight excluding hydrogens is 276 g/mol. The second-order valence-corrected chi connectivity index (χ2v) is 5.82. The van der Waals surface area contributed by atoms with E-state index in [1.807, 2.05) is 30.3 Å². The molecule has 94 valence electrons. The maximum absolute atomic E-state index is 11.4. The van der Waals surface area contributed by atoms with E-state index in [2.05, 4.69) is 5.32 Å². The summed E-state index contributed by atoms with van der Waals surface area (Å²) in [4.78, 5) is 11.4. The number of halogens is 1. The van der Waals surface area contributed by atoms with Crippen LogP contribution in [0.25, 0.3) is 10.8 Å². The minimum absolute atomic E-state index is 0.505. The van der Waals surface area contributed by atoms with Crippen LogP contribution < -0.4 is 10.0 Å². The molecule has 0 aromatic heterocycles. The molecule has 5 nitrogen and oxygen atoms in total. The molecule has 0 aliphatic carbocycles. The normalized spacial score (nSPS) is 11.2. The van der Waals surface area contributed by atoms with Crippen molar-refractivity contribution >= 4 is 42.4 Å². The summed E-state index contributed by atoms with van der Waals surface area (Å²) in [6, 6.07) is 11.8. The highest BCUT2D eigenvalue weighted by Crippen LogP contribution is 2.22. The van der Waals surface area contributed by atoms with E-state index >= 15 is 0 Å². The zero-order valence-electron chi connectivity index (χ0n) is 9.05. The van der Waals surface area contributed by atoms with Crippen LogP contribution in [0.15, 0.2) is 42.5 Å². The van der Waals surface area contributed by atoms with Gasteiger partial charge in [-0.1, -0.05) is 36.4 Å². The molecule has 0 aliphatic heterocycles. The summed E-state index contributed by atoms with van der Waals surface area (Å²) < 4.78 is 23.0. The lowest BCUT2D eigenvalue weighted by Crippen LogP contribution is -2.31. The van der Waals surface area contributed by atoms with Gasteiger partial charge in [-0.15, -0.1) is 0 Å². The number of nitrogens with one attached hydrogen (secondary N) is 2. The summed E-state index contributed by atoms with van der Waals surface area (Å²) in [5, 5.41) is 4.17. The van der Waals surface area contributed by atoms with E-state index in [1.54, 1.807) is 16.9 Å². The number of hydrogen-bond donors (Lipinski definition) is 2. The van der Waals surface area contributed by atoms with E-state index in [-0.39, 0.29) is 0 Å². The largest absolute Gasteiger partial charge is 0.333 e. The molecule has 7 heteroatoms. The lowest BCUT2D eigenvalue weighted by atomic mass is 10.1. The van der Waals surface area contributed by atoms with E-state index in [4.69, 9.17) is 10.7 Å². The van der Waals surface area contributed by atoms with Crippen LogP contribution in [0.2, 0.25) is 0 Å². The fourth-order valence-electron chi connectivity index (χ4n) is 1.59. The molecule has 2 aromatic rings. The topological polar surface area (TPSA) is 75.3 Å². The standard InChI is InChI=1S/C11H9ClN2O3S/c12-18(16,17)14-11(15)13-10-7-3-5-8-4-1-2-6-9(8)10/h1-7H,(H2,13,14,15). The van der Waals surface area contributed by atoms with Crippen molar-refractivity contribution in [2.45, 2.75) is 0 Å². The summed E-state index contributed by atoms with van der Waals surface area (Å²) in [5.74, 6) is 0. The Labute approximate surface area is 108 Å². The van der Waals surface area contributed by atoms with Crippen molar-refractivity contribution in [2.75, 3.05) is 5.32 Å². The third kappa shape index (κ3) is 3.12. The van der Waals surface area contributed by atoms with Crippen LogP contribution in [-0.2, 0) is 9.24 Å². The number of urea groups is 1. The molecule has 0 spiro atoms. The highest BCUT2D eigenvalue weighted by molar-refractivity contribution is 8.12. The fourth-order valence-corrected chi connectivity index (χ4v) is 2.08. The Morgan fingerprint density at radius 2 is 1.72 bits per heavy atom. The number of rotatable bonds is 2. The van der Waals surface area contributed by atoms with Crippen molar-refractivity contribution in [1.82, 2.24) is 4.72 Å². The number of benzene rings is 2. The minimum atomic E-state index is -4.09. The summed E-state index contributed by atoms with van der Waals surface area (Å²) in [7, 11) is 0.826. The van der Waals surface area contributed by atoms with E-state index in [0.717, 1.165) is 10.8 Å². The van der Waals surface area contributed by atoms with Crippen LogP contribution in [0, 0.1) is 0 Å². The quantitative estimate of drug-likeness (QED) is 0.832. The molecule has 2 amide bonds. The third-order valence-corrected chi connectivity index (χ3v) is 2.91. The highest BCUT2D eigenvalue weighted by Gasteiger charge is 2.11. The number of fused-ring (bicyclic) bond motifs is 1. The summed E-state index contributed by atoms with van der Waals surface area (Å²) in [5.41, 5.74) is 0.505. The molecule has 0 radical (unpaired) electrons. The number of carbonyl (C=O) groups excluding carboxylic acids is 1. The maximum Gasteiger partial charge on any atom is 0.333 e. The first-order chi connectivity index (χ1) is 8.46. The van der Waals surface area contributed by atoms with E-state index in [0.29, 0.717) is 5.69 Å². The molecule has 0 fully saturated rings. The number of carbonyl (C=O) groups is 1. The Balaban J connectivity index is 2.30. The Hall–Kier alpha value is -1.79. The van der Waals surface area contributed by atoms with Gasteiger partial charge in [0.1, 0.15) is 0 Å². The predicted octanol–water partition coefficient (Wildman–Crippen LogP) is 2.44. The minimum Gasteiger partial charge on any atom is -0.307 e. The number of hydrogen-bond acceptors (Lipinski definition) is 3. The maximum atomic E-state index is 11.4. The van der Waals surface area contributed by atoms with Crippen molar-refractivity contribution in [3.63, 3.8) is 0 Å². The average molecular weight is 285 g/mol. The summed E-state index contributed by atoms with van der Waals surface area (Å²) in [6.45, 7) is 0. The Morgan fingerprint density at radius 3 is 2.44 bits per heavy atom. The van der Waals surface area contributed by atoms with Gasteiger partial charge < -0.3 is 5.32 Å². The van der Waals surface area contributed by atoms with Crippen molar-refractivity contribution in [2.24, 2.45) is 0 Å². The number of anilines is 1. The molecule has 2 rings (SSSR count). The van der Waals surface area contributed by atoms with E-state index in [1.165, 1.54) is 0 Å². The van der Waals surface area contributed by atoms with Gasteiger partial charge in [-0.3, -0.25) is 0 Å². The molecule has 2 aromatic carbocycles. The molecular formula is C11H9ClN2O3S.